The first-order valence-corrected chi connectivity index (χ1v) is 9.23. The second kappa shape index (κ2) is 6.86. The number of carbonyl (C=O) groups is 1. The van der Waals surface area contributed by atoms with Gasteiger partial charge in [0, 0.05) is 11.1 Å². The smallest absolute Gasteiger partial charge is 0.343 e. The van der Waals surface area contributed by atoms with Crippen molar-refractivity contribution in [2.75, 3.05) is 0 Å². The highest BCUT2D eigenvalue weighted by atomic mass is 35.5. The molecule has 2 aromatic carbocycles. The van der Waals surface area contributed by atoms with E-state index in [2.05, 4.69) is 4.98 Å². The Labute approximate surface area is 157 Å². The molecule has 0 amide bonds. The van der Waals surface area contributed by atoms with Crippen LogP contribution in [0.1, 0.15) is 5.56 Å². The summed E-state index contributed by atoms with van der Waals surface area (Å²) in [6.45, 7) is 0. The summed E-state index contributed by atoms with van der Waals surface area (Å²) in [7, 11) is -4.52. The zero-order valence-electron chi connectivity index (χ0n) is 13.4. The van der Waals surface area contributed by atoms with Crippen LogP contribution >= 0.6 is 11.6 Å². The lowest BCUT2D eigenvalue weighted by atomic mass is 10.2. The number of aromatic amines is 1. The number of H-pyrrole nitrogens is 1. The number of fused-ring (bicyclic) bond motifs is 1. The Morgan fingerprint density at radius 3 is 2.59 bits per heavy atom. The zero-order chi connectivity index (χ0) is 19.8. The Morgan fingerprint density at radius 2 is 1.89 bits per heavy atom. The monoisotopic (exact) mass is 406 g/mol. The third kappa shape index (κ3) is 3.55. The van der Waals surface area contributed by atoms with Crippen molar-refractivity contribution in [2.24, 2.45) is 0 Å². The van der Waals surface area contributed by atoms with Gasteiger partial charge in [0.1, 0.15) is 0 Å². The Morgan fingerprint density at radius 1 is 1.15 bits per heavy atom. The standard InChI is InChI=1S/C17H11ClN2O6S/c18-11-5-6-13-14(9-11)19-17(24)20(16(13)23)27(25,26)12-3-1-2-10(8-12)4-7-15(21)22/h1-9H,(H,19,24)(H,21,22). The zero-order valence-corrected chi connectivity index (χ0v) is 15.0. The summed E-state index contributed by atoms with van der Waals surface area (Å²) in [4.78, 5) is 37.5. The first kappa shape index (κ1) is 18.6. The van der Waals surface area contributed by atoms with Crippen LogP contribution in [0.2, 0.25) is 5.02 Å². The van der Waals surface area contributed by atoms with Crippen molar-refractivity contribution in [3.63, 3.8) is 0 Å². The highest BCUT2D eigenvalue weighted by Gasteiger charge is 2.23. The fourth-order valence-electron chi connectivity index (χ4n) is 2.44. The van der Waals surface area contributed by atoms with Crippen molar-refractivity contribution in [3.8, 4) is 0 Å². The van der Waals surface area contributed by atoms with Gasteiger partial charge in [-0.1, -0.05) is 23.7 Å². The molecule has 3 aromatic rings. The number of halogens is 1. The molecule has 0 radical (unpaired) electrons. The lowest BCUT2D eigenvalue weighted by Gasteiger charge is -2.08. The molecule has 0 spiro atoms. The minimum atomic E-state index is -4.52. The summed E-state index contributed by atoms with van der Waals surface area (Å²) in [6, 6.07) is 9.26. The second-order valence-electron chi connectivity index (χ2n) is 5.44. The molecule has 138 valence electrons. The molecule has 0 bridgehead atoms. The molecule has 8 nitrogen and oxygen atoms in total. The van der Waals surface area contributed by atoms with E-state index in [0.717, 1.165) is 12.1 Å². The van der Waals surface area contributed by atoms with Crippen LogP contribution in [0.5, 0.6) is 0 Å². The van der Waals surface area contributed by atoms with Crippen LogP contribution in [0.15, 0.2) is 63.0 Å². The van der Waals surface area contributed by atoms with Crippen molar-refractivity contribution in [2.45, 2.75) is 4.90 Å². The van der Waals surface area contributed by atoms with Crippen LogP contribution in [-0.2, 0) is 14.8 Å². The Kier molecular flexibility index (Phi) is 4.73. The summed E-state index contributed by atoms with van der Waals surface area (Å²) >= 11 is 5.82. The normalized spacial score (nSPS) is 11.9. The molecule has 2 N–H and O–H groups in total. The van der Waals surface area contributed by atoms with E-state index in [1.165, 1.54) is 42.5 Å². The number of carboxylic acid groups (broad SMARTS) is 1. The van der Waals surface area contributed by atoms with Gasteiger partial charge >= 0.3 is 11.7 Å². The molecular weight excluding hydrogens is 396 g/mol. The van der Waals surface area contributed by atoms with Crippen LogP contribution in [0.3, 0.4) is 0 Å². The molecular formula is C17H11ClN2O6S. The molecule has 0 aliphatic heterocycles. The summed E-state index contributed by atoms with van der Waals surface area (Å²) in [5.74, 6) is -1.20. The molecule has 1 heterocycles. The Hall–Kier alpha value is -3.17. The summed E-state index contributed by atoms with van der Waals surface area (Å²) < 4.78 is 25.8. The molecule has 0 aliphatic rings. The van der Waals surface area contributed by atoms with Crippen molar-refractivity contribution in [3.05, 3.63) is 80.0 Å². The minimum absolute atomic E-state index is 0.0236. The number of nitrogens with one attached hydrogen (secondary N) is 1. The van der Waals surface area contributed by atoms with Crippen molar-refractivity contribution in [1.82, 2.24) is 8.96 Å². The van der Waals surface area contributed by atoms with Gasteiger partial charge in [-0.05, 0) is 42.0 Å². The molecule has 0 unspecified atom stereocenters. The molecule has 3 rings (SSSR count). The Balaban J connectivity index is 2.23. The first-order chi connectivity index (χ1) is 12.7. The molecule has 1 aromatic heterocycles. The van der Waals surface area contributed by atoms with E-state index in [-0.39, 0.29) is 30.4 Å². The summed E-state index contributed by atoms with van der Waals surface area (Å²) in [6.07, 6.45) is 2.03. The number of aliphatic carboxylic acids is 1. The quantitative estimate of drug-likeness (QED) is 0.635. The number of nitrogens with zero attached hydrogens (tertiary/aromatic N) is 1. The molecule has 0 saturated carbocycles. The van der Waals surface area contributed by atoms with E-state index < -0.39 is 27.2 Å². The second-order valence-corrected chi connectivity index (χ2v) is 7.66. The molecule has 10 heteroatoms. The van der Waals surface area contributed by atoms with Crippen molar-refractivity contribution in [1.29, 1.82) is 0 Å². The van der Waals surface area contributed by atoms with Crippen LogP contribution in [0, 0.1) is 0 Å². The van der Waals surface area contributed by atoms with Crippen LogP contribution in [-0.4, -0.2) is 28.5 Å². The maximum atomic E-state index is 12.9. The van der Waals surface area contributed by atoms with E-state index >= 15 is 0 Å². The van der Waals surface area contributed by atoms with Gasteiger partial charge in [0.2, 0.25) is 0 Å². The van der Waals surface area contributed by atoms with E-state index in [1.807, 2.05) is 0 Å². The van der Waals surface area contributed by atoms with Crippen LogP contribution in [0.25, 0.3) is 17.0 Å². The third-order valence-electron chi connectivity index (χ3n) is 3.64. The van der Waals surface area contributed by atoms with Gasteiger partial charge in [0.15, 0.2) is 0 Å². The summed E-state index contributed by atoms with van der Waals surface area (Å²) in [5, 5.41) is 8.92. The number of carboxylic acids is 1. The molecule has 0 aliphatic carbocycles. The number of rotatable bonds is 4. The third-order valence-corrected chi connectivity index (χ3v) is 5.53. The topological polar surface area (TPSA) is 126 Å². The van der Waals surface area contributed by atoms with E-state index in [9.17, 15) is 22.8 Å². The van der Waals surface area contributed by atoms with Gasteiger partial charge in [-0.15, -0.1) is 3.97 Å². The summed E-state index contributed by atoms with van der Waals surface area (Å²) in [5.41, 5.74) is -1.77. The van der Waals surface area contributed by atoms with Crippen molar-refractivity contribution >= 4 is 44.6 Å². The van der Waals surface area contributed by atoms with Crippen LogP contribution in [0.4, 0.5) is 0 Å². The number of hydrogen-bond acceptors (Lipinski definition) is 5. The average molecular weight is 407 g/mol. The van der Waals surface area contributed by atoms with E-state index in [4.69, 9.17) is 16.7 Å². The predicted molar refractivity (Wildman–Crippen MR) is 99.5 cm³/mol. The van der Waals surface area contributed by atoms with Gasteiger partial charge in [-0.25, -0.2) is 18.0 Å². The van der Waals surface area contributed by atoms with Gasteiger partial charge < -0.3 is 10.1 Å². The van der Waals surface area contributed by atoms with Crippen molar-refractivity contribution < 1.29 is 18.3 Å². The van der Waals surface area contributed by atoms with E-state index in [1.54, 1.807) is 0 Å². The number of hydrogen-bond donors (Lipinski definition) is 2. The fourth-order valence-corrected chi connectivity index (χ4v) is 3.94. The lowest BCUT2D eigenvalue weighted by Crippen LogP contribution is -2.40. The van der Waals surface area contributed by atoms with Crippen LogP contribution < -0.4 is 11.2 Å². The van der Waals surface area contributed by atoms with Gasteiger partial charge in [-0.3, -0.25) is 4.79 Å². The highest BCUT2D eigenvalue weighted by Crippen LogP contribution is 2.17. The predicted octanol–water partition coefficient (Wildman–Crippen LogP) is 1.68. The molecule has 27 heavy (non-hydrogen) atoms. The number of aromatic nitrogens is 2. The average Bonchev–Trinajstić information content (AvgIpc) is 2.59. The maximum Gasteiger partial charge on any atom is 0.343 e. The van der Waals surface area contributed by atoms with E-state index in [0.29, 0.717) is 0 Å². The molecule has 0 saturated heterocycles. The van der Waals surface area contributed by atoms with Gasteiger partial charge in [0.25, 0.3) is 15.6 Å². The van der Waals surface area contributed by atoms with Gasteiger partial charge in [0.05, 0.1) is 15.8 Å². The largest absolute Gasteiger partial charge is 0.478 e. The highest BCUT2D eigenvalue weighted by molar-refractivity contribution is 7.90. The first-order valence-electron chi connectivity index (χ1n) is 7.41. The Bertz CT molecular complexity index is 1320. The lowest BCUT2D eigenvalue weighted by molar-refractivity contribution is -0.131. The minimum Gasteiger partial charge on any atom is -0.478 e. The SMILES string of the molecule is O=C(O)C=Cc1cccc(S(=O)(=O)n2c(=O)[nH]c3cc(Cl)ccc3c2=O)c1. The molecule has 0 fully saturated rings. The fraction of sp³-hybridized carbons (Fsp3) is 0. The number of benzene rings is 2. The van der Waals surface area contributed by atoms with Gasteiger partial charge in [-0.2, -0.15) is 0 Å². The molecule has 0 atom stereocenters. The maximum absolute atomic E-state index is 12.9.